The van der Waals surface area contributed by atoms with E-state index in [1.54, 1.807) is 0 Å². The Balaban J connectivity index is 3.36. The lowest BCUT2D eigenvalue weighted by atomic mass is 10.2. The number of halogens is 3. The standard InChI is InChI=1S/C7H3BrClFO2/c8-5-4(9)2-1-3(6(5)10)7(11)12/h1-2H,(H,11,12). The lowest BCUT2D eigenvalue weighted by Crippen LogP contribution is -2.00. The quantitative estimate of drug-likeness (QED) is 0.781. The van der Waals surface area contributed by atoms with E-state index in [4.69, 9.17) is 16.7 Å². The van der Waals surface area contributed by atoms with Crippen LogP contribution in [0.3, 0.4) is 0 Å². The Kier molecular flexibility index (Phi) is 2.69. The van der Waals surface area contributed by atoms with Gasteiger partial charge in [0.2, 0.25) is 0 Å². The zero-order valence-corrected chi connectivity index (χ0v) is 7.99. The number of aromatic carboxylic acids is 1. The molecule has 1 N–H and O–H groups in total. The SMILES string of the molecule is O=C(O)c1ccc(Cl)c(Br)c1F. The highest BCUT2D eigenvalue weighted by Crippen LogP contribution is 2.27. The molecule has 0 aromatic heterocycles. The summed E-state index contributed by atoms with van der Waals surface area (Å²) in [5.74, 6) is -2.17. The molecule has 12 heavy (non-hydrogen) atoms. The fourth-order valence-corrected chi connectivity index (χ4v) is 1.18. The van der Waals surface area contributed by atoms with Gasteiger partial charge in [-0.25, -0.2) is 9.18 Å². The summed E-state index contributed by atoms with van der Waals surface area (Å²) in [5, 5.41) is 8.63. The lowest BCUT2D eigenvalue weighted by Gasteiger charge is -2.00. The number of rotatable bonds is 1. The molecular formula is C7H3BrClFO2. The first kappa shape index (κ1) is 9.48. The largest absolute Gasteiger partial charge is 0.478 e. The molecule has 0 aliphatic heterocycles. The Bertz CT molecular complexity index is 340. The third-order valence-electron chi connectivity index (χ3n) is 1.27. The Morgan fingerprint density at radius 2 is 2.17 bits per heavy atom. The average molecular weight is 253 g/mol. The topological polar surface area (TPSA) is 37.3 Å². The van der Waals surface area contributed by atoms with Crippen LogP contribution in [0.1, 0.15) is 10.4 Å². The van der Waals surface area contributed by atoms with Crippen LogP contribution in [0.5, 0.6) is 0 Å². The van der Waals surface area contributed by atoms with Crippen LogP contribution in [0.4, 0.5) is 4.39 Å². The highest BCUT2D eigenvalue weighted by Gasteiger charge is 2.14. The highest BCUT2D eigenvalue weighted by molar-refractivity contribution is 9.10. The van der Waals surface area contributed by atoms with Gasteiger partial charge in [0, 0.05) is 0 Å². The second-order valence-corrected chi connectivity index (χ2v) is 3.23. The maximum absolute atomic E-state index is 13.0. The fraction of sp³-hybridized carbons (Fsp3) is 0. The van der Waals surface area contributed by atoms with Gasteiger partial charge in [-0.15, -0.1) is 0 Å². The maximum atomic E-state index is 13.0. The Labute approximate surface area is 81.1 Å². The van der Waals surface area contributed by atoms with Crippen molar-refractivity contribution in [2.24, 2.45) is 0 Å². The minimum Gasteiger partial charge on any atom is -0.478 e. The molecule has 0 unspecified atom stereocenters. The van der Waals surface area contributed by atoms with Gasteiger partial charge in [0.15, 0.2) is 5.82 Å². The third-order valence-corrected chi connectivity index (χ3v) is 2.58. The summed E-state index contributed by atoms with van der Waals surface area (Å²) >= 11 is 8.34. The summed E-state index contributed by atoms with van der Waals surface area (Å²) in [6, 6.07) is 2.43. The summed E-state index contributed by atoms with van der Waals surface area (Å²) in [7, 11) is 0. The number of carboxylic acids is 1. The molecule has 64 valence electrons. The first-order valence-electron chi connectivity index (χ1n) is 2.91. The third kappa shape index (κ3) is 1.59. The van der Waals surface area contributed by atoms with Gasteiger partial charge in [-0.3, -0.25) is 0 Å². The fourth-order valence-electron chi connectivity index (χ4n) is 0.691. The van der Waals surface area contributed by atoms with Crippen molar-refractivity contribution in [1.29, 1.82) is 0 Å². The summed E-state index contributed by atoms with van der Waals surface area (Å²) in [6.07, 6.45) is 0. The van der Waals surface area contributed by atoms with Crippen LogP contribution in [0.25, 0.3) is 0 Å². The zero-order valence-electron chi connectivity index (χ0n) is 5.64. The van der Waals surface area contributed by atoms with Gasteiger partial charge in [0.25, 0.3) is 0 Å². The number of benzene rings is 1. The Morgan fingerprint density at radius 1 is 1.58 bits per heavy atom. The first-order chi connectivity index (χ1) is 5.54. The van der Waals surface area contributed by atoms with Gasteiger partial charge in [-0.1, -0.05) is 11.6 Å². The van der Waals surface area contributed by atoms with E-state index in [-0.39, 0.29) is 9.50 Å². The second-order valence-electron chi connectivity index (χ2n) is 2.03. The molecule has 0 saturated carbocycles. The summed E-state index contributed by atoms with van der Waals surface area (Å²) in [4.78, 5) is 10.4. The Hall–Kier alpha value is -0.610. The van der Waals surface area contributed by atoms with Crippen molar-refractivity contribution in [2.45, 2.75) is 0 Å². The van der Waals surface area contributed by atoms with Crippen molar-refractivity contribution in [2.75, 3.05) is 0 Å². The van der Waals surface area contributed by atoms with Crippen LogP contribution >= 0.6 is 27.5 Å². The van der Waals surface area contributed by atoms with Gasteiger partial charge in [-0.2, -0.15) is 0 Å². The van der Waals surface area contributed by atoms with Gasteiger partial charge in [-0.05, 0) is 28.1 Å². The van der Waals surface area contributed by atoms with Crippen molar-refractivity contribution < 1.29 is 14.3 Å². The van der Waals surface area contributed by atoms with E-state index >= 15 is 0 Å². The van der Waals surface area contributed by atoms with Gasteiger partial charge >= 0.3 is 5.97 Å². The molecule has 0 radical (unpaired) electrons. The van der Waals surface area contributed by atoms with Crippen LogP contribution in [-0.2, 0) is 0 Å². The van der Waals surface area contributed by atoms with Crippen LogP contribution in [0.2, 0.25) is 5.02 Å². The molecule has 0 aliphatic rings. The van der Waals surface area contributed by atoms with Crippen LogP contribution in [0, 0.1) is 5.82 Å². The van der Waals surface area contributed by atoms with Crippen molar-refractivity contribution in [3.8, 4) is 0 Å². The normalized spacial score (nSPS) is 9.92. The molecule has 5 heteroatoms. The smallest absolute Gasteiger partial charge is 0.338 e. The average Bonchev–Trinajstić information content (AvgIpc) is 2.00. The molecule has 1 aromatic rings. The predicted octanol–water partition coefficient (Wildman–Crippen LogP) is 2.94. The minimum absolute atomic E-state index is 0.0240. The van der Waals surface area contributed by atoms with E-state index in [1.165, 1.54) is 6.07 Å². The van der Waals surface area contributed by atoms with Gasteiger partial charge < -0.3 is 5.11 Å². The molecule has 1 aromatic carbocycles. The monoisotopic (exact) mass is 252 g/mol. The number of hydrogen-bond acceptors (Lipinski definition) is 1. The van der Waals surface area contributed by atoms with Gasteiger partial charge in [0.05, 0.1) is 15.1 Å². The highest BCUT2D eigenvalue weighted by atomic mass is 79.9. The van der Waals surface area contributed by atoms with Crippen LogP contribution in [-0.4, -0.2) is 11.1 Å². The van der Waals surface area contributed by atoms with Crippen molar-refractivity contribution in [3.63, 3.8) is 0 Å². The molecule has 0 bridgehead atoms. The van der Waals surface area contributed by atoms with Gasteiger partial charge in [0.1, 0.15) is 0 Å². The van der Waals surface area contributed by atoms with E-state index in [1.807, 2.05) is 0 Å². The summed E-state index contributed by atoms with van der Waals surface area (Å²) in [6.45, 7) is 0. The van der Waals surface area contributed by atoms with Crippen LogP contribution < -0.4 is 0 Å². The van der Waals surface area contributed by atoms with Crippen LogP contribution in [0.15, 0.2) is 16.6 Å². The van der Waals surface area contributed by atoms with E-state index in [2.05, 4.69) is 15.9 Å². The number of hydrogen-bond donors (Lipinski definition) is 1. The van der Waals surface area contributed by atoms with Crippen molar-refractivity contribution >= 4 is 33.5 Å². The predicted molar refractivity (Wildman–Crippen MR) is 46.1 cm³/mol. The number of carboxylic acid groups (broad SMARTS) is 1. The van der Waals surface area contributed by atoms with Crippen molar-refractivity contribution in [1.82, 2.24) is 0 Å². The maximum Gasteiger partial charge on any atom is 0.338 e. The number of carbonyl (C=O) groups is 1. The summed E-state index contributed by atoms with van der Waals surface area (Å²) < 4.78 is 13.0. The molecule has 0 aliphatic carbocycles. The lowest BCUT2D eigenvalue weighted by molar-refractivity contribution is 0.0691. The molecule has 0 saturated heterocycles. The van der Waals surface area contributed by atoms with E-state index in [0.29, 0.717) is 0 Å². The molecule has 2 nitrogen and oxygen atoms in total. The minimum atomic E-state index is -1.31. The second kappa shape index (κ2) is 3.41. The molecular weight excluding hydrogens is 250 g/mol. The van der Waals surface area contributed by atoms with E-state index < -0.39 is 17.3 Å². The molecule has 0 fully saturated rings. The zero-order chi connectivity index (χ0) is 9.30. The van der Waals surface area contributed by atoms with E-state index in [9.17, 15) is 9.18 Å². The molecule has 1 rings (SSSR count). The Morgan fingerprint density at radius 3 is 2.67 bits per heavy atom. The molecule has 0 spiro atoms. The van der Waals surface area contributed by atoms with E-state index in [0.717, 1.165) is 6.07 Å². The molecule has 0 heterocycles. The molecule has 0 amide bonds. The summed E-state index contributed by atoms with van der Waals surface area (Å²) in [5.41, 5.74) is -0.397. The molecule has 0 atom stereocenters. The first-order valence-corrected chi connectivity index (χ1v) is 4.08. The van der Waals surface area contributed by atoms with Crippen molar-refractivity contribution in [3.05, 3.63) is 33.0 Å².